The second-order valence-corrected chi connectivity index (χ2v) is 5.12. The molecule has 80 valence electrons. The monoisotopic (exact) mass is 221 g/mol. The van der Waals surface area contributed by atoms with E-state index < -0.39 is 0 Å². The van der Waals surface area contributed by atoms with Crippen molar-refractivity contribution in [2.45, 2.75) is 26.3 Å². The van der Waals surface area contributed by atoms with Gasteiger partial charge < -0.3 is 10.2 Å². The molecule has 2 heterocycles. The lowest BCUT2D eigenvalue weighted by Gasteiger charge is -2.06. The lowest BCUT2D eigenvalue weighted by molar-refractivity contribution is 0.561. The third-order valence-electron chi connectivity index (χ3n) is 2.59. The first-order chi connectivity index (χ1) is 7.16. The average Bonchev–Trinajstić information content (AvgIpc) is 2.78. The van der Waals surface area contributed by atoms with Crippen LogP contribution in [0.25, 0.3) is 0 Å². The molecule has 0 radical (unpaired) electrons. The highest BCUT2D eigenvalue weighted by Crippen LogP contribution is 2.27. The van der Waals surface area contributed by atoms with Gasteiger partial charge in [-0.2, -0.15) is 0 Å². The van der Waals surface area contributed by atoms with E-state index in [1.54, 1.807) is 23.9 Å². The van der Waals surface area contributed by atoms with Gasteiger partial charge in [0, 0.05) is 15.8 Å². The summed E-state index contributed by atoms with van der Waals surface area (Å²) >= 11 is 1.79. The summed E-state index contributed by atoms with van der Waals surface area (Å²) in [5.41, 5.74) is 8.63. The van der Waals surface area contributed by atoms with Crippen LogP contribution in [-0.2, 0) is 6.42 Å². The van der Waals surface area contributed by atoms with Gasteiger partial charge in [-0.05, 0) is 43.5 Å². The molecule has 2 nitrogen and oxygen atoms in total. The highest BCUT2D eigenvalue weighted by molar-refractivity contribution is 7.12. The fourth-order valence-corrected chi connectivity index (χ4v) is 2.59. The molecule has 0 aliphatic rings. The number of hydrogen-bond donors (Lipinski definition) is 1. The molecule has 0 aliphatic carbocycles. The fourth-order valence-electron chi connectivity index (χ4n) is 1.55. The molecule has 1 unspecified atom stereocenters. The van der Waals surface area contributed by atoms with Gasteiger partial charge in [-0.1, -0.05) is 0 Å². The van der Waals surface area contributed by atoms with Crippen LogP contribution in [-0.4, -0.2) is 0 Å². The molecule has 15 heavy (non-hydrogen) atoms. The lowest BCUT2D eigenvalue weighted by atomic mass is 10.1. The Hall–Kier alpha value is -1.06. The van der Waals surface area contributed by atoms with Gasteiger partial charge in [0.15, 0.2) is 0 Å². The molecule has 2 N–H and O–H groups in total. The molecule has 0 aliphatic heterocycles. The minimum atomic E-state index is 0.0833. The van der Waals surface area contributed by atoms with Crippen molar-refractivity contribution in [2.75, 3.05) is 0 Å². The van der Waals surface area contributed by atoms with Crippen LogP contribution in [0, 0.1) is 13.8 Å². The van der Waals surface area contributed by atoms with E-state index in [-0.39, 0.29) is 6.04 Å². The largest absolute Gasteiger partial charge is 0.472 e. The summed E-state index contributed by atoms with van der Waals surface area (Å²) in [6.45, 7) is 4.26. The van der Waals surface area contributed by atoms with Gasteiger partial charge in [-0.15, -0.1) is 11.3 Å². The fraction of sp³-hybridized carbons (Fsp3) is 0.333. The molecule has 2 rings (SSSR count). The molecule has 0 amide bonds. The Balaban J connectivity index is 2.11. The predicted octanol–water partition coefficient (Wildman–Crippen LogP) is 3.20. The molecule has 2 aromatic heterocycles. The summed E-state index contributed by atoms with van der Waals surface area (Å²) in [6.07, 6.45) is 4.29. The molecule has 0 bridgehead atoms. The van der Waals surface area contributed by atoms with E-state index >= 15 is 0 Å². The number of thiophene rings is 1. The topological polar surface area (TPSA) is 39.2 Å². The maximum Gasteiger partial charge on any atom is 0.0935 e. The van der Waals surface area contributed by atoms with Crippen LogP contribution in [0.15, 0.2) is 29.1 Å². The maximum absolute atomic E-state index is 6.14. The van der Waals surface area contributed by atoms with E-state index in [4.69, 9.17) is 10.2 Å². The number of rotatable bonds is 3. The second-order valence-electron chi connectivity index (χ2n) is 3.83. The summed E-state index contributed by atoms with van der Waals surface area (Å²) < 4.78 is 5.03. The van der Waals surface area contributed by atoms with Gasteiger partial charge in [-0.3, -0.25) is 0 Å². The van der Waals surface area contributed by atoms with E-state index in [2.05, 4.69) is 19.9 Å². The Kier molecular flexibility index (Phi) is 2.93. The molecule has 1 atom stereocenters. The third kappa shape index (κ3) is 2.30. The van der Waals surface area contributed by atoms with Crippen molar-refractivity contribution in [1.29, 1.82) is 0 Å². The Bertz CT molecular complexity index is 411. The minimum Gasteiger partial charge on any atom is -0.472 e. The maximum atomic E-state index is 6.14. The first kappa shape index (κ1) is 10.5. The molecule has 2 aromatic rings. The standard InChI is InChI=1S/C12H15NOS/c1-8-5-12(15-9(8)2)11(13)6-10-3-4-14-7-10/h3-5,7,11H,6,13H2,1-2H3. The van der Waals surface area contributed by atoms with Crippen LogP contribution in [0.4, 0.5) is 0 Å². The van der Waals surface area contributed by atoms with Crippen LogP contribution in [0.2, 0.25) is 0 Å². The van der Waals surface area contributed by atoms with Crippen molar-refractivity contribution in [1.82, 2.24) is 0 Å². The average molecular weight is 221 g/mol. The van der Waals surface area contributed by atoms with Crippen molar-refractivity contribution < 1.29 is 4.42 Å². The van der Waals surface area contributed by atoms with Gasteiger partial charge in [0.05, 0.1) is 12.5 Å². The highest BCUT2D eigenvalue weighted by Gasteiger charge is 2.11. The van der Waals surface area contributed by atoms with Gasteiger partial charge in [-0.25, -0.2) is 0 Å². The Morgan fingerprint density at radius 1 is 1.47 bits per heavy atom. The van der Waals surface area contributed by atoms with Crippen LogP contribution in [0.3, 0.4) is 0 Å². The quantitative estimate of drug-likeness (QED) is 0.864. The molecule has 0 spiro atoms. The normalized spacial score (nSPS) is 13.0. The number of hydrogen-bond acceptors (Lipinski definition) is 3. The molecule has 3 heteroatoms. The lowest BCUT2D eigenvalue weighted by Crippen LogP contribution is -2.11. The minimum absolute atomic E-state index is 0.0833. The van der Waals surface area contributed by atoms with Gasteiger partial charge in [0.25, 0.3) is 0 Å². The van der Waals surface area contributed by atoms with Crippen molar-refractivity contribution in [2.24, 2.45) is 5.73 Å². The molecule has 0 saturated heterocycles. The predicted molar refractivity (Wildman–Crippen MR) is 63.1 cm³/mol. The Morgan fingerprint density at radius 2 is 2.27 bits per heavy atom. The summed E-state index contributed by atoms with van der Waals surface area (Å²) in [5, 5.41) is 0. The molecule has 0 fully saturated rings. The van der Waals surface area contributed by atoms with Crippen molar-refractivity contribution >= 4 is 11.3 Å². The van der Waals surface area contributed by atoms with E-state index in [0.717, 1.165) is 12.0 Å². The zero-order chi connectivity index (χ0) is 10.8. The van der Waals surface area contributed by atoms with Crippen LogP contribution in [0.5, 0.6) is 0 Å². The van der Waals surface area contributed by atoms with E-state index in [0.29, 0.717) is 0 Å². The highest BCUT2D eigenvalue weighted by atomic mass is 32.1. The van der Waals surface area contributed by atoms with Crippen molar-refractivity contribution in [3.8, 4) is 0 Å². The van der Waals surface area contributed by atoms with Crippen LogP contribution < -0.4 is 5.73 Å². The van der Waals surface area contributed by atoms with E-state index in [1.165, 1.54) is 15.3 Å². The summed E-state index contributed by atoms with van der Waals surface area (Å²) in [4.78, 5) is 2.61. The number of aryl methyl sites for hydroxylation is 2. The van der Waals surface area contributed by atoms with Crippen LogP contribution in [0.1, 0.15) is 26.9 Å². The first-order valence-electron chi connectivity index (χ1n) is 5.00. The third-order valence-corrected chi connectivity index (χ3v) is 3.87. The molecule has 0 saturated carbocycles. The van der Waals surface area contributed by atoms with Gasteiger partial charge in [0.1, 0.15) is 0 Å². The summed E-state index contributed by atoms with van der Waals surface area (Å²) in [5.74, 6) is 0. The second kappa shape index (κ2) is 4.21. The zero-order valence-corrected chi connectivity index (χ0v) is 9.80. The first-order valence-corrected chi connectivity index (χ1v) is 5.82. The Morgan fingerprint density at radius 3 is 2.80 bits per heavy atom. The summed E-state index contributed by atoms with van der Waals surface area (Å²) in [6, 6.07) is 4.23. The van der Waals surface area contributed by atoms with Gasteiger partial charge >= 0.3 is 0 Å². The SMILES string of the molecule is Cc1cc(C(N)Cc2ccoc2)sc1C. The van der Waals surface area contributed by atoms with E-state index in [1.807, 2.05) is 6.07 Å². The van der Waals surface area contributed by atoms with Crippen molar-refractivity contribution in [3.63, 3.8) is 0 Å². The smallest absolute Gasteiger partial charge is 0.0935 e. The van der Waals surface area contributed by atoms with Gasteiger partial charge in [0.2, 0.25) is 0 Å². The number of furan rings is 1. The molecular formula is C12H15NOS. The molecule has 0 aromatic carbocycles. The van der Waals surface area contributed by atoms with Crippen LogP contribution >= 0.6 is 11.3 Å². The zero-order valence-electron chi connectivity index (χ0n) is 8.99. The number of nitrogens with two attached hydrogens (primary N) is 1. The van der Waals surface area contributed by atoms with Crippen molar-refractivity contribution in [3.05, 3.63) is 45.5 Å². The summed E-state index contributed by atoms with van der Waals surface area (Å²) in [7, 11) is 0. The van der Waals surface area contributed by atoms with E-state index in [9.17, 15) is 0 Å². The Labute approximate surface area is 93.7 Å². The molecular weight excluding hydrogens is 206 g/mol.